The van der Waals surface area contributed by atoms with Crippen LogP contribution in [0.3, 0.4) is 0 Å². The van der Waals surface area contributed by atoms with Crippen LogP contribution >= 0.6 is 34.8 Å². The van der Waals surface area contributed by atoms with Gasteiger partial charge in [-0.2, -0.15) is 0 Å². The Labute approximate surface area is 176 Å². The Hall–Kier alpha value is 0.200. The van der Waals surface area contributed by atoms with E-state index in [4.69, 9.17) is 39.5 Å². The van der Waals surface area contributed by atoms with Gasteiger partial charge in [0.05, 0.1) is 6.10 Å². The number of fused-ring (bicyclic) bond motifs is 5. The standard InChI is InChI=1S/C21H29Cl3O3/c1-19-9-7-13(25)11-12(19)3-4-14-15-5-6-17(27-18(26)21(22,23)24)20(15,2)10-8-16(14)19/h11,14-18,26H,3-10H2,1-2H3/t14?,15?,16?,17-,18?,19-,20-/m0/s1. The number of carbonyl (C=O) groups is 1. The molecule has 3 nitrogen and oxygen atoms in total. The van der Waals surface area contributed by atoms with E-state index in [1.807, 2.05) is 6.08 Å². The normalized spacial score (nSPS) is 45.6. The van der Waals surface area contributed by atoms with Gasteiger partial charge in [-0.3, -0.25) is 4.79 Å². The summed E-state index contributed by atoms with van der Waals surface area (Å²) >= 11 is 17.5. The number of alkyl halides is 3. The molecule has 0 radical (unpaired) electrons. The van der Waals surface area contributed by atoms with Crippen LogP contribution in [-0.4, -0.2) is 27.1 Å². The Balaban J connectivity index is 1.56. The van der Waals surface area contributed by atoms with Crippen LogP contribution in [0.15, 0.2) is 11.6 Å². The maximum Gasteiger partial charge on any atom is 0.240 e. The van der Waals surface area contributed by atoms with E-state index in [9.17, 15) is 9.90 Å². The van der Waals surface area contributed by atoms with E-state index in [0.29, 0.717) is 30.0 Å². The van der Waals surface area contributed by atoms with Crippen molar-refractivity contribution in [3.8, 4) is 0 Å². The number of ether oxygens (including phenoxy) is 1. The molecule has 0 saturated heterocycles. The Morgan fingerprint density at radius 1 is 1.11 bits per heavy atom. The van der Waals surface area contributed by atoms with E-state index >= 15 is 0 Å². The monoisotopic (exact) mass is 434 g/mol. The summed E-state index contributed by atoms with van der Waals surface area (Å²) < 4.78 is 4.06. The van der Waals surface area contributed by atoms with Gasteiger partial charge in [-0.15, -0.1) is 0 Å². The minimum absolute atomic E-state index is 0.0140. The van der Waals surface area contributed by atoms with Crippen molar-refractivity contribution in [1.29, 1.82) is 0 Å². The first-order valence-corrected chi connectivity index (χ1v) is 11.3. The second-order valence-corrected chi connectivity index (χ2v) is 12.0. The number of rotatable bonds is 2. The van der Waals surface area contributed by atoms with Crippen LogP contribution in [0.1, 0.15) is 65.2 Å². The number of hydrogen-bond donors (Lipinski definition) is 1. The predicted octanol–water partition coefficient (Wildman–Crippen LogP) is 5.59. The highest BCUT2D eigenvalue weighted by Crippen LogP contribution is 2.65. The van der Waals surface area contributed by atoms with E-state index < -0.39 is 10.1 Å². The molecule has 0 aliphatic heterocycles. The van der Waals surface area contributed by atoms with E-state index in [0.717, 1.165) is 44.9 Å². The molecule has 27 heavy (non-hydrogen) atoms. The van der Waals surface area contributed by atoms with E-state index in [2.05, 4.69) is 13.8 Å². The lowest BCUT2D eigenvalue weighted by molar-refractivity contribution is -0.177. The van der Waals surface area contributed by atoms with E-state index in [-0.39, 0.29) is 16.9 Å². The van der Waals surface area contributed by atoms with Gasteiger partial charge < -0.3 is 9.84 Å². The van der Waals surface area contributed by atoms with Crippen molar-refractivity contribution < 1.29 is 14.6 Å². The van der Waals surface area contributed by atoms with Gasteiger partial charge in [0.1, 0.15) is 0 Å². The SMILES string of the molecule is C[C@]12CCC(=O)C=C1CCC1C2CC[C@@]2(C)C1CC[C@@H]2OC(O)C(Cl)(Cl)Cl. The number of aliphatic hydroxyl groups is 1. The molecule has 1 N–H and O–H groups in total. The largest absolute Gasteiger partial charge is 0.365 e. The molecule has 4 unspecified atom stereocenters. The minimum atomic E-state index is -1.82. The van der Waals surface area contributed by atoms with Crippen molar-refractivity contribution in [2.75, 3.05) is 0 Å². The molecule has 4 rings (SSSR count). The maximum absolute atomic E-state index is 11.9. The van der Waals surface area contributed by atoms with Crippen LogP contribution in [0.2, 0.25) is 0 Å². The molecule has 0 bridgehead atoms. The Bertz CT molecular complexity index is 658. The van der Waals surface area contributed by atoms with E-state index in [1.54, 1.807) is 0 Å². The van der Waals surface area contributed by atoms with Gasteiger partial charge in [-0.1, -0.05) is 54.2 Å². The zero-order chi connectivity index (χ0) is 19.6. The molecule has 0 aromatic heterocycles. The highest BCUT2D eigenvalue weighted by atomic mass is 35.6. The van der Waals surface area contributed by atoms with Crippen molar-refractivity contribution in [2.24, 2.45) is 28.6 Å². The maximum atomic E-state index is 11.9. The Morgan fingerprint density at radius 3 is 2.56 bits per heavy atom. The first-order valence-electron chi connectivity index (χ1n) is 10.2. The molecule has 0 amide bonds. The van der Waals surface area contributed by atoms with Gasteiger partial charge in [-0.25, -0.2) is 0 Å². The number of aliphatic hydroxyl groups excluding tert-OH is 1. The lowest BCUT2D eigenvalue weighted by atomic mass is 9.47. The van der Waals surface area contributed by atoms with Crippen molar-refractivity contribution in [1.82, 2.24) is 0 Å². The first-order chi connectivity index (χ1) is 12.6. The number of ketones is 1. The number of halogens is 3. The molecule has 0 heterocycles. The molecular formula is C21H29Cl3O3. The topological polar surface area (TPSA) is 46.5 Å². The van der Waals surface area contributed by atoms with Crippen molar-refractivity contribution in [3.63, 3.8) is 0 Å². The van der Waals surface area contributed by atoms with Crippen molar-refractivity contribution in [2.45, 2.75) is 81.4 Å². The second-order valence-electron chi connectivity index (χ2n) is 9.61. The number of allylic oxidation sites excluding steroid dienone is 1. The second kappa shape index (κ2) is 6.87. The fourth-order valence-electron chi connectivity index (χ4n) is 6.97. The molecule has 4 aliphatic rings. The van der Waals surface area contributed by atoms with Crippen LogP contribution in [0.4, 0.5) is 0 Å². The smallest absolute Gasteiger partial charge is 0.240 e. The van der Waals surface area contributed by atoms with Crippen LogP contribution < -0.4 is 0 Å². The zero-order valence-corrected chi connectivity index (χ0v) is 18.3. The molecule has 3 fully saturated rings. The third-order valence-electron chi connectivity index (χ3n) is 8.45. The molecule has 4 aliphatic carbocycles. The molecule has 7 atom stereocenters. The number of carbonyl (C=O) groups excluding carboxylic acids is 1. The summed E-state index contributed by atoms with van der Waals surface area (Å²) in [6, 6.07) is 0. The van der Waals surface area contributed by atoms with Crippen LogP contribution in [0.5, 0.6) is 0 Å². The summed E-state index contributed by atoms with van der Waals surface area (Å²) in [4.78, 5) is 11.9. The summed E-state index contributed by atoms with van der Waals surface area (Å²) in [5.41, 5.74) is 1.58. The van der Waals surface area contributed by atoms with Gasteiger partial charge >= 0.3 is 0 Å². The van der Waals surface area contributed by atoms with Crippen molar-refractivity contribution >= 4 is 40.6 Å². The average molecular weight is 436 g/mol. The molecule has 0 aromatic rings. The van der Waals surface area contributed by atoms with Crippen molar-refractivity contribution in [3.05, 3.63) is 11.6 Å². The van der Waals surface area contributed by atoms with Crippen LogP contribution in [-0.2, 0) is 9.53 Å². The van der Waals surface area contributed by atoms with Gasteiger partial charge in [0.15, 0.2) is 5.78 Å². The Kier molecular flexibility index (Phi) is 5.21. The molecular weight excluding hydrogens is 407 g/mol. The highest BCUT2D eigenvalue weighted by Gasteiger charge is 2.60. The van der Waals surface area contributed by atoms with Gasteiger partial charge in [-0.05, 0) is 79.6 Å². The van der Waals surface area contributed by atoms with Gasteiger partial charge in [0.25, 0.3) is 0 Å². The van der Waals surface area contributed by atoms with Gasteiger partial charge in [0, 0.05) is 6.42 Å². The summed E-state index contributed by atoms with van der Waals surface area (Å²) in [5, 5.41) is 10.1. The molecule has 152 valence electrons. The van der Waals surface area contributed by atoms with Gasteiger partial charge in [0.2, 0.25) is 10.1 Å². The third-order valence-corrected chi connectivity index (χ3v) is 9.01. The summed E-state index contributed by atoms with van der Waals surface area (Å²) in [5.74, 6) is 2.16. The highest BCUT2D eigenvalue weighted by molar-refractivity contribution is 6.67. The van der Waals surface area contributed by atoms with E-state index in [1.165, 1.54) is 5.57 Å². The first kappa shape index (κ1) is 20.5. The fourth-order valence-corrected chi connectivity index (χ4v) is 7.12. The Morgan fingerprint density at radius 2 is 1.85 bits per heavy atom. The quantitative estimate of drug-likeness (QED) is 0.454. The summed E-state index contributed by atoms with van der Waals surface area (Å²) in [7, 11) is 0. The zero-order valence-electron chi connectivity index (χ0n) is 16.0. The molecule has 3 saturated carbocycles. The lowest BCUT2D eigenvalue weighted by Crippen LogP contribution is -2.52. The van der Waals surface area contributed by atoms with Crippen LogP contribution in [0, 0.1) is 28.6 Å². The molecule has 0 aromatic carbocycles. The summed E-state index contributed by atoms with van der Waals surface area (Å²) in [6.07, 6.45) is 8.55. The molecule has 6 heteroatoms. The minimum Gasteiger partial charge on any atom is -0.365 e. The average Bonchev–Trinajstić information content (AvgIpc) is 2.91. The predicted molar refractivity (Wildman–Crippen MR) is 108 cm³/mol. The number of hydrogen-bond acceptors (Lipinski definition) is 3. The van der Waals surface area contributed by atoms with Crippen LogP contribution in [0.25, 0.3) is 0 Å². The fraction of sp³-hybridized carbons (Fsp3) is 0.857. The lowest BCUT2D eigenvalue weighted by Gasteiger charge is -2.58. The molecule has 0 spiro atoms. The third kappa shape index (κ3) is 3.30. The summed E-state index contributed by atoms with van der Waals surface area (Å²) in [6.45, 7) is 4.69.